The fourth-order valence-corrected chi connectivity index (χ4v) is 3.05. The van der Waals surface area contributed by atoms with Crippen molar-refractivity contribution in [2.75, 3.05) is 22.1 Å². The number of para-hydroxylation sites is 2. The molecule has 1 heterocycles. The van der Waals surface area contributed by atoms with Gasteiger partial charge in [0.25, 0.3) is 5.69 Å². The average Bonchev–Trinajstić information content (AvgIpc) is 3.13. The first-order valence-corrected chi connectivity index (χ1v) is 9.76. The van der Waals surface area contributed by atoms with Gasteiger partial charge in [-0.3, -0.25) is 30.6 Å². The van der Waals surface area contributed by atoms with E-state index in [2.05, 4.69) is 26.5 Å². The predicted octanol–water partition coefficient (Wildman–Crippen LogP) is 1.74. The van der Waals surface area contributed by atoms with Gasteiger partial charge in [-0.1, -0.05) is 12.1 Å². The van der Waals surface area contributed by atoms with Crippen LogP contribution < -0.4 is 21.5 Å². The van der Waals surface area contributed by atoms with Gasteiger partial charge in [0.15, 0.2) is 10.2 Å². The first kappa shape index (κ1) is 20.5. The number of nitro groups is 1. The number of nitrogens with one attached hydrogen (secondary N) is 4. The van der Waals surface area contributed by atoms with Gasteiger partial charge in [0.05, 0.1) is 16.4 Å². The Balaban J connectivity index is 1.67. The zero-order valence-electron chi connectivity index (χ0n) is 13.6. The molecule has 1 aromatic carbocycles. The average molecular weight is 427 g/mol. The molecule has 0 aliphatic carbocycles. The molecular formula is C14H14N6O4S3. The molecule has 13 heteroatoms. The normalized spacial score (nSPS) is 9.93. The number of nitro benzene ring substituents is 1. The number of aromatic nitrogens is 1. The van der Waals surface area contributed by atoms with Crippen LogP contribution in [0.15, 0.2) is 35.8 Å². The highest BCUT2D eigenvalue weighted by molar-refractivity contribution is 8.00. The zero-order valence-corrected chi connectivity index (χ0v) is 16.1. The number of carbonyl (C=O) groups is 2. The van der Waals surface area contributed by atoms with Gasteiger partial charge in [-0.25, -0.2) is 4.98 Å². The minimum atomic E-state index is -0.545. The van der Waals surface area contributed by atoms with E-state index in [9.17, 15) is 19.7 Å². The van der Waals surface area contributed by atoms with Gasteiger partial charge < -0.3 is 10.6 Å². The number of hydrogen-bond acceptors (Lipinski definition) is 8. The minimum Gasteiger partial charge on any atom is -0.326 e. The second kappa shape index (κ2) is 10.4. The van der Waals surface area contributed by atoms with Crippen molar-refractivity contribution in [3.8, 4) is 0 Å². The second-order valence-electron chi connectivity index (χ2n) is 4.78. The van der Waals surface area contributed by atoms with E-state index >= 15 is 0 Å². The molecule has 0 unspecified atom stereocenters. The number of anilines is 2. The molecule has 0 bridgehead atoms. The molecule has 0 aliphatic rings. The first-order chi connectivity index (χ1) is 13.0. The molecule has 0 fully saturated rings. The van der Waals surface area contributed by atoms with Crippen LogP contribution in [0.2, 0.25) is 0 Å². The van der Waals surface area contributed by atoms with Gasteiger partial charge in [0.2, 0.25) is 11.8 Å². The summed E-state index contributed by atoms with van der Waals surface area (Å²) in [7, 11) is 0. The Kier molecular flexibility index (Phi) is 7.91. The fraction of sp³-hybridized carbons (Fsp3) is 0.143. The quantitative estimate of drug-likeness (QED) is 0.296. The van der Waals surface area contributed by atoms with E-state index in [1.54, 1.807) is 17.6 Å². The van der Waals surface area contributed by atoms with Crippen LogP contribution in [0.25, 0.3) is 0 Å². The van der Waals surface area contributed by atoms with E-state index in [4.69, 9.17) is 12.2 Å². The van der Waals surface area contributed by atoms with Crippen LogP contribution in [-0.4, -0.2) is 38.3 Å². The standard InChI is InChI=1S/C14H14N6O4S3/c21-11(17-14-15-5-6-27-14)7-26-8-12(22)18-19-13(25)16-9-3-1-2-4-10(9)20(23)24/h1-6H,7-8H2,(H,18,22)(H,15,17,21)(H2,16,19,25). The van der Waals surface area contributed by atoms with E-state index in [1.165, 1.54) is 29.5 Å². The summed E-state index contributed by atoms with van der Waals surface area (Å²) in [4.78, 5) is 37.7. The van der Waals surface area contributed by atoms with Gasteiger partial charge in [0, 0.05) is 17.6 Å². The Bertz CT molecular complexity index is 830. The molecule has 2 aromatic rings. The molecule has 1 aromatic heterocycles. The third-order valence-corrected chi connectivity index (χ3v) is 4.63. The number of amides is 2. The van der Waals surface area contributed by atoms with Crippen molar-refractivity contribution in [2.45, 2.75) is 0 Å². The van der Waals surface area contributed by atoms with Crippen LogP contribution in [0, 0.1) is 10.1 Å². The highest BCUT2D eigenvalue weighted by atomic mass is 32.2. The number of hydrogen-bond donors (Lipinski definition) is 4. The fourth-order valence-electron chi connectivity index (χ4n) is 1.73. The molecule has 27 heavy (non-hydrogen) atoms. The molecule has 2 amide bonds. The SMILES string of the molecule is O=C(CSCC(=O)Nc1nccs1)NNC(=S)Nc1ccccc1[N+](=O)[O-]. The Labute approximate surface area is 167 Å². The van der Waals surface area contributed by atoms with Crippen LogP contribution in [0.1, 0.15) is 0 Å². The summed E-state index contributed by atoms with van der Waals surface area (Å²) in [5.74, 6) is -0.559. The van der Waals surface area contributed by atoms with Gasteiger partial charge >= 0.3 is 0 Å². The molecular weight excluding hydrogens is 412 g/mol. The van der Waals surface area contributed by atoms with E-state index < -0.39 is 10.8 Å². The van der Waals surface area contributed by atoms with Crippen LogP contribution in [0.3, 0.4) is 0 Å². The lowest BCUT2D eigenvalue weighted by molar-refractivity contribution is -0.383. The molecule has 142 valence electrons. The number of benzene rings is 1. The summed E-state index contributed by atoms with van der Waals surface area (Å²) in [6.45, 7) is 0. The highest BCUT2D eigenvalue weighted by Crippen LogP contribution is 2.22. The van der Waals surface area contributed by atoms with E-state index in [0.29, 0.717) is 5.13 Å². The highest BCUT2D eigenvalue weighted by Gasteiger charge is 2.13. The van der Waals surface area contributed by atoms with Crippen molar-refractivity contribution in [1.82, 2.24) is 15.8 Å². The minimum absolute atomic E-state index is 0.0100. The lowest BCUT2D eigenvalue weighted by atomic mass is 10.3. The predicted molar refractivity (Wildman–Crippen MR) is 109 cm³/mol. The summed E-state index contributed by atoms with van der Waals surface area (Å²) >= 11 is 7.40. The Morgan fingerprint density at radius 2 is 1.93 bits per heavy atom. The Hall–Kier alpha value is -2.77. The summed E-state index contributed by atoms with van der Waals surface area (Å²) in [6.07, 6.45) is 1.58. The molecule has 0 saturated carbocycles. The molecule has 0 spiro atoms. The molecule has 4 N–H and O–H groups in total. The maximum absolute atomic E-state index is 11.7. The van der Waals surface area contributed by atoms with Crippen molar-refractivity contribution >= 4 is 68.7 Å². The maximum Gasteiger partial charge on any atom is 0.292 e. The van der Waals surface area contributed by atoms with Crippen molar-refractivity contribution in [3.63, 3.8) is 0 Å². The lowest BCUT2D eigenvalue weighted by Gasteiger charge is -2.11. The second-order valence-corrected chi connectivity index (χ2v) is 7.07. The molecule has 0 atom stereocenters. The van der Waals surface area contributed by atoms with E-state index in [-0.39, 0.29) is 33.9 Å². The summed E-state index contributed by atoms with van der Waals surface area (Å²) in [5.41, 5.74) is 4.85. The van der Waals surface area contributed by atoms with Gasteiger partial charge in [-0.2, -0.15) is 0 Å². The maximum atomic E-state index is 11.7. The van der Waals surface area contributed by atoms with Crippen LogP contribution >= 0.6 is 35.3 Å². The van der Waals surface area contributed by atoms with Crippen molar-refractivity contribution in [2.24, 2.45) is 0 Å². The summed E-state index contributed by atoms with van der Waals surface area (Å²) < 4.78 is 0. The summed E-state index contributed by atoms with van der Waals surface area (Å²) in [5, 5.41) is 18.4. The van der Waals surface area contributed by atoms with Crippen molar-refractivity contribution in [3.05, 3.63) is 46.0 Å². The number of rotatable bonds is 7. The lowest BCUT2D eigenvalue weighted by Crippen LogP contribution is -2.44. The molecule has 10 nitrogen and oxygen atoms in total. The topological polar surface area (TPSA) is 138 Å². The number of thiazole rings is 1. The number of nitrogens with zero attached hydrogens (tertiary/aromatic N) is 2. The van der Waals surface area contributed by atoms with Crippen LogP contribution in [0.4, 0.5) is 16.5 Å². The van der Waals surface area contributed by atoms with Gasteiger partial charge in [-0.15, -0.1) is 23.1 Å². The molecule has 0 saturated heterocycles. The third-order valence-electron chi connectivity index (χ3n) is 2.81. The van der Waals surface area contributed by atoms with E-state index in [0.717, 1.165) is 11.8 Å². The van der Waals surface area contributed by atoms with Crippen molar-refractivity contribution < 1.29 is 14.5 Å². The molecule has 0 aliphatic heterocycles. The smallest absolute Gasteiger partial charge is 0.292 e. The van der Waals surface area contributed by atoms with Crippen LogP contribution in [-0.2, 0) is 9.59 Å². The first-order valence-electron chi connectivity index (χ1n) is 7.32. The molecule has 2 rings (SSSR count). The van der Waals surface area contributed by atoms with E-state index in [1.807, 2.05) is 0 Å². The van der Waals surface area contributed by atoms with Crippen molar-refractivity contribution in [1.29, 1.82) is 0 Å². The third kappa shape index (κ3) is 7.16. The largest absolute Gasteiger partial charge is 0.326 e. The van der Waals surface area contributed by atoms with Gasteiger partial charge in [-0.05, 0) is 18.3 Å². The monoisotopic (exact) mass is 426 g/mol. The van der Waals surface area contributed by atoms with Gasteiger partial charge in [0.1, 0.15) is 5.69 Å². The molecule has 0 radical (unpaired) electrons. The number of carbonyl (C=O) groups excluding carboxylic acids is 2. The van der Waals surface area contributed by atoms with Crippen LogP contribution in [0.5, 0.6) is 0 Å². The Morgan fingerprint density at radius 3 is 2.63 bits per heavy atom. The number of hydrazine groups is 1. The Morgan fingerprint density at radius 1 is 1.19 bits per heavy atom. The number of thioether (sulfide) groups is 1. The number of thiocarbonyl (C=S) groups is 1. The zero-order chi connectivity index (χ0) is 19.6. The summed E-state index contributed by atoms with van der Waals surface area (Å²) in [6, 6.07) is 5.97.